The molecule has 0 aromatic heterocycles. The van der Waals surface area contributed by atoms with Crippen LogP contribution in [0.5, 0.6) is 0 Å². The molecule has 5 unspecified atom stereocenters. The van der Waals surface area contributed by atoms with Crippen LogP contribution in [-0.2, 0) is 28.8 Å². The Balaban J connectivity index is 3.12. The number of nitrogens with one attached hydrogen (secondary N) is 3. The number of carboxylic acid groups (broad SMARTS) is 1. The van der Waals surface area contributed by atoms with Crippen molar-refractivity contribution in [2.45, 2.75) is 94.9 Å². The Morgan fingerprint density at radius 3 is 2.05 bits per heavy atom. The first-order chi connectivity index (χ1) is 19.8. The van der Waals surface area contributed by atoms with Gasteiger partial charge in [0, 0.05) is 19.5 Å². The minimum atomic E-state index is -1.41. The Hall–Kier alpha value is -3.99. The number of unbranched alkanes of at least 4 members (excludes halogenated alkanes) is 1. The number of nitrogens with zero attached hydrogens (tertiary/aromatic N) is 2. The number of likely N-dealkylation sites (tertiary alicyclic amines) is 1. The van der Waals surface area contributed by atoms with Crippen molar-refractivity contribution in [1.29, 1.82) is 0 Å². The van der Waals surface area contributed by atoms with Crippen LogP contribution in [0.15, 0.2) is 4.99 Å². The zero-order valence-electron chi connectivity index (χ0n) is 24.0. The van der Waals surface area contributed by atoms with Gasteiger partial charge >= 0.3 is 5.97 Å². The SMILES string of the molecule is CC(N)C(=O)N1CCCC1C(=O)NC(CCCN=C(N)N)C(=O)NC(CCCCN)C(=O)NC(CCC(N)=O)C(=O)O. The number of primary amides is 1. The molecule has 1 fully saturated rings. The Morgan fingerprint density at radius 1 is 0.905 bits per heavy atom. The molecule has 0 aromatic rings. The molecule has 5 atom stereocenters. The second-order valence-electron chi connectivity index (χ2n) is 10.2. The van der Waals surface area contributed by atoms with Crippen molar-refractivity contribution in [3.8, 4) is 0 Å². The van der Waals surface area contributed by atoms with Crippen molar-refractivity contribution in [2.75, 3.05) is 19.6 Å². The number of aliphatic imine (C=N–C) groups is 1. The molecular formula is C25H46N10O7. The lowest BCUT2D eigenvalue weighted by Gasteiger charge is -2.28. The van der Waals surface area contributed by atoms with E-state index in [0.717, 1.165) is 0 Å². The van der Waals surface area contributed by atoms with E-state index >= 15 is 0 Å². The van der Waals surface area contributed by atoms with Gasteiger partial charge in [-0.3, -0.25) is 29.0 Å². The maximum atomic E-state index is 13.4. The third kappa shape index (κ3) is 12.7. The molecule has 0 spiro atoms. The highest BCUT2D eigenvalue weighted by Gasteiger charge is 2.37. The van der Waals surface area contributed by atoms with Crippen LogP contribution in [0, 0.1) is 0 Å². The molecule has 14 N–H and O–H groups in total. The van der Waals surface area contributed by atoms with Crippen LogP contribution in [-0.4, -0.2) is 101 Å². The van der Waals surface area contributed by atoms with Crippen LogP contribution in [0.25, 0.3) is 0 Å². The molecule has 17 heteroatoms. The lowest BCUT2D eigenvalue weighted by Crippen LogP contribution is -2.58. The first-order valence-electron chi connectivity index (χ1n) is 14.0. The van der Waals surface area contributed by atoms with Crippen molar-refractivity contribution >= 4 is 41.5 Å². The van der Waals surface area contributed by atoms with E-state index in [4.69, 9.17) is 28.7 Å². The summed E-state index contributed by atoms with van der Waals surface area (Å²) in [5.41, 5.74) is 27.1. The quantitative estimate of drug-likeness (QED) is 0.0396. The molecule has 1 aliphatic heterocycles. The number of carbonyl (C=O) groups excluding carboxylic acids is 5. The Labute approximate surface area is 244 Å². The average Bonchev–Trinajstić information content (AvgIpc) is 3.41. The van der Waals surface area contributed by atoms with E-state index in [1.807, 2.05) is 0 Å². The molecule has 0 saturated carbocycles. The lowest BCUT2D eigenvalue weighted by atomic mass is 10.0. The van der Waals surface area contributed by atoms with E-state index in [9.17, 15) is 33.9 Å². The molecule has 5 amide bonds. The first-order valence-corrected chi connectivity index (χ1v) is 14.0. The van der Waals surface area contributed by atoms with Gasteiger partial charge < -0.3 is 54.6 Å². The molecule has 0 radical (unpaired) electrons. The largest absolute Gasteiger partial charge is 0.480 e. The molecule has 1 heterocycles. The van der Waals surface area contributed by atoms with Gasteiger partial charge in [-0.25, -0.2) is 4.79 Å². The zero-order valence-corrected chi connectivity index (χ0v) is 24.0. The molecule has 1 rings (SSSR count). The monoisotopic (exact) mass is 598 g/mol. The normalized spacial score (nSPS) is 17.3. The Morgan fingerprint density at radius 2 is 1.50 bits per heavy atom. The molecular weight excluding hydrogens is 552 g/mol. The summed E-state index contributed by atoms with van der Waals surface area (Å²) in [6.45, 7) is 2.37. The molecule has 0 aromatic carbocycles. The van der Waals surface area contributed by atoms with E-state index < -0.39 is 59.8 Å². The fourth-order valence-electron chi connectivity index (χ4n) is 4.46. The highest BCUT2D eigenvalue weighted by atomic mass is 16.4. The molecule has 238 valence electrons. The maximum Gasteiger partial charge on any atom is 0.326 e. The van der Waals surface area contributed by atoms with Crippen LogP contribution in [0.4, 0.5) is 0 Å². The summed E-state index contributed by atoms with van der Waals surface area (Å²) in [6, 6.07) is -5.33. The molecule has 0 bridgehead atoms. The smallest absolute Gasteiger partial charge is 0.326 e. The van der Waals surface area contributed by atoms with E-state index in [-0.39, 0.29) is 44.1 Å². The second-order valence-corrected chi connectivity index (χ2v) is 10.2. The summed E-state index contributed by atoms with van der Waals surface area (Å²) in [5, 5.41) is 17.1. The van der Waals surface area contributed by atoms with Crippen LogP contribution < -0.4 is 44.6 Å². The van der Waals surface area contributed by atoms with Gasteiger partial charge in [0.1, 0.15) is 24.2 Å². The van der Waals surface area contributed by atoms with E-state index in [1.54, 1.807) is 0 Å². The second kappa shape index (κ2) is 18.4. The Kier molecular flexibility index (Phi) is 15.8. The summed E-state index contributed by atoms with van der Waals surface area (Å²) in [7, 11) is 0. The number of nitrogens with two attached hydrogens (primary N) is 5. The number of carboxylic acids is 1. The third-order valence-corrected chi connectivity index (χ3v) is 6.68. The number of rotatable bonds is 19. The van der Waals surface area contributed by atoms with Gasteiger partial charge in [0.25, 0.3) is 0 Å². The molecule has 1 aliphatic rings. The summed E-state index contributed by atoms with van der Waals surface area (Å²) < 4.78 is 0. The molecule has 1 saturated heterocycles. The van der Waals surface area contributed by atoms with Crippen molar-refractivity contribution in [3.05, 3.63) is 0 Å². The van der Waals surface area contributed by atoms with Crippen LogP contribution in [0.3, 0.4) is 0 Å². The van der Waals surface area contributed by atoms with Gasteiger partial charge in [0.2, 0.25) is 29.5 Å². The summed E-state index contributed by atoms with van der Waals surface area (Å²) >= 11 is 0. The van der Waals surface area contributed by atoms with Crippen LogP contribution in [0.2, 0.25) is 0 Å². The Bertz CT molecular complexity index is 987. The number of hydrogen-bond acceptors (Lipinski definition) is 9. The number of carbonyl (C=O) groups is 6. The minimum absolute atomic E-state index is 0.0931. The molecule has 0 aliphatic carbocycles. The fourth-order valence-corrected chi connectivity index (χ4v) is 4.46. The van der Waals surface area contributed by atoms with Crippen LogP contribution >= 0.6 is 0 Å². The molecule has 42 heavy (non-hydrogen) atoms. The van der Waals surface area contributed by atoms with Crippen molar-refractivity contribution in [1.82, 2.24) is 20.9 Å². The van der Waals surface area contributed by atoms with Crippen LogP contribution in [0.1, 0.15) is 64.7 Å². The van der Waals surface area contributed by atoms with Gasteiger partial charge in [0.05, 0.1) is 6.04 Å². The summed E-state index contributed by atoms with van der Waals surface area (Å²) in [5.74, 6) is -4.67. The average molecular weight is 599 g/mol. The predicted octanol–water partition coefficient (Wildman–Crippen LogP) is -3.69. The number of guanidine groups is 1. The fraction of sp³-hybridized carbons (Fsp3) is 0.720. The minimum Gasteiger partial charge on any atom is -0.480 e. The van der Waals surface area contributed by atoms with Gasteiger partial charge in [-0.05, 0) is 64.8 Å². The van der Waals surface area contributed by atoms with Gasteiger partial charge in [-0.15, -0.1) is 0 Å². The zero-order chi connectivity index (χ0) is 31.8. The van der Waals surface area contributed by atoms with E-state index in [0.29, 0.717) is 45.2 Å². The third-order valence-electron chi connectivity index (χ3n) is 6.68. The van der Waals surface area contributed by atoms with Crippen molar-refractivity contribution < 1.29 is 33.9 Å². The van der Waals surface area contributed by atoms with Gasteiger partial charge in [-0.2, -0.15) is 0 Å². The number of aliphatic carboxylic acids is 1. The maximum absolute atomic E-state index is 13.4. The highest BCUT2D eigenvalue weighted by Crippen LogP contribution is 2.19. The van der Waals surface area contributed by atoms with E-state index in [1.165, 1.54) is 11.8 Å². The van der Waals surface area contributed by atoms with Crippen molar-refractivity contribution in [3.63, 3.8) is 0 Å². The standard InChI is InChI=1S/C25H46N10O7/c1-14(27)23(40)35-13-5-8-18(35)22(39)33-16(7-4-12-31-25(29)30)20(37)32-15(6-2-3-11-26)21(38)34-17(24(41)42)9-10-19(28)36/h14-18H,2-13,26-27H2,1H3,(H2,28,36)(H,32,37)(H,33,39)(H,34,38)(H,41,42)(H4,29,30,31). The summed E-state index contributed by atoms with van der Waals surface area (Å²) in [6.07, 6.45) is 1.96. The van der Waals surface area contributed by atoms with Gasteiger partial charge in [-0.1, -0.05) is 0 Å². The number of amides is 5. The van der Waals surface area contributed by atoms with Crippen molar-refractivity contribution in [2.24, 2.45) is 33.7 Å². The molecule has 17 nitrogen and oxygen atoms in total. The lowest BCUT2D eigenvalue weighted by molar-refractivity contribution is -0.142. The van der Waals surface area contributed by atoms with E-state index in [2.05, 4.69) is 20.9 Å². The van der Waals surface area contributed by atoms with Gasteiger partial charge in [0.15, 0.2) is 5.96 Å². The predicted molar refractivity (Wildman–Crippen MR) is 153 cm³/mol. The highest BCUT2D eigenvalue weighted by molar-refractivity contribution is 5.95. The topological polar surface area (TPSA) is 304 Å². The number of hydrogen-bond donors (Lipinski definition) is 9. The first kappa shape index (κ1) is 36.0. The summed E-state index contributed by atoms with van der Waals surface area (Å²) in [4.78, 5) is 80.3.